The smallest absolute Gasteiger partial charge is 0.0671 e. The third-order valence-electron chi connectivity index (χ3n) is 3.11. The second-order valence-electron chi connectivity index (χ2n) is 4.29. The quantitative estimate of drug-likeness (QED) is 0.923. The Hall–Kier alpha value is -0.580. The summed E-state index contributed by atoms with van der Waals surface area (Å²) in [5, 5.41) is 3.21. The van der Waals surface area contributed by atoms with E-state index in [1.807, 2.05) is 7.05 Å². The summed E-state index contributed by atoms with van der Waals surface area (Å²) in [7, 11) is 1.99. The van der Waals surface area contributed by atoms with Crippen molar-refractivity contribution in [3.05, 3.63) is 28.7 Å². The van der Waals surface area contributed by atoms with Crippen LogP contribution in [0.4, 0.5) is 5.69 Å². The predicted molar refractivity (Wildman–Crippen MR) is 74.6 cm³/mol. The molecule has 1 aliphatic rings. The van der Waals surface area contributed by atoms with E-state index in [0.717, 1.165) is 37.2 Å². The van der Waals surface area contributed by atoms with Crippen LogP contribution in [0.15, 0.2) is 28.7 Å². The van der Waals surface area contributed by atoms with E-state index < -0.39 is 0 Å². The van der Waals surface area contributed by atoms with E-state index >= 15 is 0 Å². The first kappa shape index (κ1) is 12.9. The first-order valence-corrected chi connectivity index (χ1v) is 6.85. The maximum Gasteiger partial charge on any atom is 0.0671 e. The predicted octanol–water partition coefficient (Wildman–Crippen LogP) is 2.26. The van der Waals surface area contributed by atoms with Gasteiger partial charge < -0.3 is 15.0 Å². The Morgan fingerprint density at radius 3 is 2.88 bits per heavy atom. The highest BCUT2D eigenvalue weighted by Gasteiger charge is 2.22. The Labute approximate surface area is 111 Å². The van der Waals surface area contributed by atoms with Gasteiger partial charge in [-0.1, -0.05) is 15.9 Å². The van der Waals surface area contributed by atoms with Crippen molar-refractivity contribution in [1.82, 2.24) is 5.32 Å². The average Bonchev–Trinajstić information content (AvgIpc) is 2.38. The zero-order valence-electron chi connectivity index (χ0n) is 10.2. The second kappa shape index (κ2) is 6.38. The van der Waals surface area contributed by atoms with Gasteiger partial charge in [-0.05, 0) is 44.3 Å². The van der Waals surface area contributed by atoms with Crippen molar-refractivity contribution in [3.63, 3.8) is 0 Å². The van der Waals surface area contributed by atoms with Crippen LogP contribution in [0, 0.1) is 0 Å². The van der Waals surface area contributed by atoms with E-state index in [1.165, 1.54) is 5.69 Å². The molecule has 0 saturated carbocycles. The molecule has 0 aliphatic carbocycles. The molecule has 0 radical (unpaired) electrons. The fraction of sp³-hybridized carbons (Fsp3) is 0.538. The van der Waals surface area contributed by atoms with Crippen molar-refractivity contribution in [2.75, 3.05) is 38.3 Å². The van der Waals surface area contributed by atoms with Gasteiger partial charge >= 0.3 is 0 Å². The highest BCUT2D eigenvalue weighted by atomic mass is 79.9. The van der Waals surface area contributed by atoms with Gasteiger partial charge in [0.25, 0.3) is 0 Å². The number of ether oxygens (including phenoxy) is 1. The van der Waals surface area contributed by atoms with Crippen LogP contribution in [0.5, 0.6) is 0 Å². The molecule has 1 aromatic rings. The van der Waals surface area contributed by atoms with Crippen LogP contribution < -0.4 is 10.2 Å². The fourth-order valence-corrected chi connectivity index (χ4v) is 2.44. The summed E-state index contributed by atoms with van der Waals surface area (Å²) >= 11 is 3.47. The summed E-state index contributed by atoms with van der Waals surface area (Å²) in [6, 6.07) is 9.01. The molecule has 1 saturated heterocycles. The zero-order valence-corrected chi connectivity index (χ0v) is 11.7. The zero-order chi connectivity index (χ0) is 12.1. The summed E-state index contributed by atoms with van der Waals surface area (Å²) in [6.45, 7) is 3.67. The Morgan fingerprint density at radius 1 is 1.41 bits per heavy atom. The highest BCUT2D eigenvalue weighted by Crippen LogP contribution is 2.23. The molecule has 94 valence electrons. The minimum atomic E-state index is 0.484. The third-order valence-corrected chi connectivity index (χ3v) is 3.64. The summed E-state index contributed by atoms with van der Waals surface area (Å²) in [5.41, 5.74) is 1.29. The number of hydrogen-bond donors (Lipinski definition) is 1. The van der Waals surface area contributed by atoms with E-state index in [-0.39, 0.29) is 0 Å². The van der Waals surface area contributed by atoms with Crippen molar-refractivity contribution in [3.8, 4) is 0 Å². The first-order chi connectivity index (χ1) is 8.31. The molecule has 1 fully saturated rings. The van der Waals surface area contributed by atoms with Crippen molar-refractivity contribution in [2.45, 2.75) is 12.5 Å². The van der Waals surface area contributed by atoms with Crippen LogP contribution in [-0.2, 0) is 4.74 Å². The molecule has 0 aromatic heterocycles. The van der Waals surface area contributed by atoms with Crippen LogP contribution in [0.2, 0.25) is 0 Å². The number of benzene rings is 1. The molecular formula is C13H19BrN2O. The van der Waals surface area contributed by atoms with Crippen molar-refractivity contribution in [1.29, 1.82) is 0 Å². The van der Waals surface area contributed by atoms with E-state index in [9.17, 15) is 0 Å². The molecule has 0 amide bonds. The van der Waals surface area contributed by atoms with Gasteiger partial charge in [-0.15, -0.1) is 0 Å². The molecule has 3 nitrogen and oxygen atoms in total. The van der Waals surface area contributed by atoms with Gasteiger partial charge in [0.2, 0.25) is 0 Å². The van der Waals surface area contributed by atoms with Gasteiger partial charge in [0, 0.05) is 16.7 Å². The normalized spacial score (nSPS) is 20.6. The lowest BCUT2D eigenvalue weighted by molar-refractivity contribution is 0.0917. The molecular weight excluding hydrogens is 280 g/mol. The number of morpholine rings is 1. The highest BCUT2D eigenvalue weighted by molar-refractivity contribution is 9.10. The van der Waals surface area contributed by atoms with Gasteiger partial charge in [0.1, 0.15) is 0 Å². The Balaban J connectivity index is 2.07. The fourth-order valence-electron chi connectivity index (χ4n) is 2.18. The van der Waals surface area contributed by atoms with Gasteiger partial charge in [0.05, 0.1) is 19.3 Å². The lowest BCUT2D eigenvalue weighted by Gasteiger charge is -2.37. The van der Waals surface area contributed by atoms with E-state index in [0.29, 0.717) is 6.04 Å². The molecule has 2 rings (SSSR count). The summed E-state index contributed by atoms with van der Waals surface area (Å²) in [4.78, 5) is 2.45. The van der Waals surface area contributed by atoms with Crippen LogP contribution in [0.1, 0.15) is 6.42 Å². The van der Waals surface area contributed by atoms with Crippen LogP contribution in [0.3, 0.4) is 0 Å². The summed E-state index contributed by atoms with van der Waals surface area (Å²) in [6.07, 6.45) is 1.12. The molecule has 1 N–H and O–H groups in total. The van der Waals surface area contributed by atoms with Crippen molar-refractivity contribution in [2.24, 2.45) is 0 Å². The third kappa shape index (κ3) is 3.44. The molecule has 0 bridgehead atoms. The maximum absolute atomic E-state index is 5.58. The van der Waals surface area contributed by atoms with Gasteiger partial charge in [0.15, 0.2) is 0 Å². The lowest BCUT2D eigenvalue weighted by Crippen LogP contribution is -2.46. The molecule has 17 heavy (non-hydrogen) atoms. The average molecular weight is 299 g/mol. The summed E-state index contributed by atoms with van der Waals surface area (Å²) < 4.78 is 6.70. The molecule has 1 unspecified atom stereocenters. The van der Waals surface area contributed by atoms with Crippen LogP contribution >= 0.6 is 15.9 Å². The first-order valence-electron chi connectivity index (χ1n) is 6.06. The standard InChI is InChI=1S/C13H19BrN2O/c1-15-7-6-13-10-17-9-8-16(13)12-4-2-11(14)3-5-12/h2-5,13,15H,6-10H2,1H3. The molecule has 1 aliphatic heterocycles. The number of hydrogen-bond acceptors (Lipinski definition) is 3. The summed E-state index contributed by atoms with van der Waals surface area (Å²) in [5.74, 6) is 0. The van der Waals surface area contributed by atoms with E-state index in [1.54, 1.807) is 0 Å². The number of halogens is 1. The van der Waals surface area contributed by atoms with Gasteiger partial charge in [-0.2, -0.15) is 0 Å². The molecule has 1 heterocycles. The van der Waals surface area contributed by atoms with Gasteiger partial charge in [-0.25, -0.2) is 0 Å². The molecule has 0 spiro atoms. The minimum absolute atomic E-state index is 0.484. The van der Waals surface area contributed by atoms with E-state index in [2.05, 4.69) is 50.4 Å². The Bertz CT molecular complexity index is 342. The Morgan fingerprint density at radius 2 is 2.18 bits per heavy atom. The Kier molecular flexibility index (Phi) is 4.83. The monoisotopic (exact) mass is 298 g/mol. The number of nitrogens with zero attached hydrogens (tertiary/aromatic N) is 1. The second-order valence-corrected chi connectivity index (χ2v) is 5.21. The molecule has 4 heteroatoms. The molecule has 1 aromatic carbocycles. The maximum atomic E-state index is 5.58. The number of anilines is 1. The van der Waals surface area contributed by atoms with Gasteiger partial charge in [-0.3, -0.25) is 0 Å². The largest absolute Gasteiger partial charge is 0.377 e. The lowest BCUT2D eigenvalue weighted by atomic mass is 10.1. The minimum Gasteiger partial charge on any atom is -0.377 e. The van der Waals surface area contributed by atoms with E-state index in [4.69, 9.17) is 4.74 Å². The van der Waals surface area contributed by atoms with Crippen LogP contribution in [-0.4, -0.2) is 39.4 Å². The molecule has 1 atom stereocenters. The number of rotatable bonds is 4. The number of nitrogens with one attached hydrogen (secondary N) is 1. The SMILES string of the molecule is CNCCC1COCCN1c1ccc(Br)cc1. The van der Waals surface area contributed by atoms with Crippen LogP contribution in [0.25, 0.3) is 0 Å². The topological polar surface area (TPSA) is 24.5 Å². The van der Waals surface area contributed by atoms with Crippen molar-refractivity contribution < 1.29 is 4.74 Å². The van der Waals surface area contributed by atoms with Crippen molar-refractivity contribution >= 4 is 21.6 Å².